The van der Waals surface area contributed by atoms with E-state index in [1.165, 1.54) is 6.42 Å². The first-order chi connectivity index (χ1) is 11.1. The highest BCUT2D eigenvalue weighted by Crippen LogP contribution is 2.21. The lowest BCUT2D eigenvalue weighted by atomic mass is 9.97. The summed E-state index contributed by atoms with van der Waals surface area (Å²) in [7, 11) is 0. The molecule has 3 rings (SSSR count). The van der Waals surface area contributed by atoms with Crippen molar-refractivity contribution in [3.05, 3.63) is 34.9 Å². The van der Waals surface area contributed by atoms with Crippen LogP contribution in [0.1, 0.15) is 41.4 Å². The van der Waals surface area contributed by atoms with E-state index in [1.54, 1.807) is 4.68 Å². The first-order valence-corrected chi connectivity index (χ1v) is 8.14. The van der Waals surface area contributed by atoms with Gasteiger partial charge in [0.05, 0.1) is 11.4 Å². The largest absolute Gasteiger partial charge is 0.350 e. The van der Waals surface area contributed by atoms with E-state index in [4.69, 9.17) is 0 Å². The second-order valence-corrected chi connectivity index (χ2v) is 6.17. The van der Waals surface area contributed by atoms with Gasteiger partial charge in [0.1, 0.15) is 6.54 Å². The fraction of sp³-hybridized carbons (Fsp3) is 0.562. The lowest BCUT2D eigenvalue weighted by Crippen LogP contribution is -2.29. The third kappa shape index (κ3) is 3.79. The van der Waals surface area contributed by atoms with Crippen molar-refractivity contribution in [2.75, 3.05) is 13.1 Å². The molecule has 0 saturated carbocycles. The van der Waals surface area contributed by atoms with Crippen LogP contribution in [-0.4, -0.2) is 39.0 Å². The molecule has 3 N–H and O–H groups in total. The van der Waals surface area contributed by atoms with Crippen LogP contribution in [-0.2, 0) is 17.9 Å². The van der Waals surface area contributed by atoms with Gasteiger partial charge in [-0.1, -0.05) is 0 Å². The molecule has 1 saturated heterocycles. The molecular formula is C16H24N6O. The number of hydrogen-bond donors (Lipinski definition) is 3. The summed E-state index contributed by atoms with van der Waals surface area (Å²) in [5.74, 6) is 0.422. The highest BCUT2D eigenvalue weighted by Gasteiger charge is 2.18. The average Bonchev–Trinajstić information content (AvgIpc) is 3.14. The summed E-state index contributed by atoms with van der Waals surface area (Å²) in [5.41, 5.74) is 4.04. The standard InChI is InChI=1S/C16H24N6O/c1-11-14(12(2)20-19-11)9-18-16(23)10-22-7-5-15(21-22)13-4-3-6-17-8-13/h5,7,13,17H,3-4,6,8-10H2,1-2H3,(H,18,23)(H,19,20). The smallest absolute Gasteiger partial charge is 0.241 e. The summed E-state index contributed by atoms with van der Waals surface area (Å²) in [6.45, 7) is 6.70. The molecule has 0 aromatic carbocycles. The third-order valence-electron chi connectivity index (χ3n) is 4.43. The molecule has 0 radical (unpaired) electrons. The molecule has 0 bridgehead atoms. The van der Waals surface area contributed by atoms with Crippen molar-refractivity contribution in [3.8, 4) is 0 Å². The monoisotopic (exact) mass is 316 g/mol. The number of nitrogens with one attached hydrogen (secondary N) is 3. The quantitative estimate of drug-likeness (QED) is 0.768. The maximum atomic E-state index is 12.1. The Bertz CT molecular complexity index is 648. The number of carbonyl (C=O) groups is 1. The molecule has 3 heterocycles. The van der Waals surface area contributed by atoms with Gasteiger partial charge in [-0.3, -0.25) is 14.6 Å². The van der Waals surface area contributed by atoms with Gasteiger partial charge in [0.15, 0.2) is 0 Å². The second-order valence-electron chi connectivity index (χ2n) is 6.17. The Hall–Kier alpha value is -2.15. The Balaban J connectivity index is 1.53. The van der Waals surface area contributed by atoms with Crippen molar-refractivity contribution in [2.24, 2.45) is 0 Å². The Kier molecular flexibility index (Phi) is 4.76. The lowest BCUT2D eigenvalue weighted by Gasteiger charge is -2.20. The van der Waals surface area contributed by atoms with Crippen molar-refractivity contribution >= 4 is 5.91 Å². The van der Waals surface area contributed by atoms with Crippen LogP contribution in [0.15, 0.2) is 12.3 Å². The summed E-state index contributed by atoms with van der Waals surface area (Å²) in [4.78, 5) is 12.1. The predicted molar refractivity (Wildman–Crippen MR) is 87.0 cm³/mol. The van der Waals surface area contributed by atoms with Gasteiger partial charge in [-0.25, -0.2) is 0 Å². The van der Waals surface area contributed by atoms with Crippen LogP contribution in [0.25, 0.3) is 0 Å². The Morgan fingerprint density at radius 2 is 2.35 bits per heavy atom. The van der Waals surface area contributed by atoms with E-state index in [1.807, 2.05) is 26.1 Å². The van der Waals surface area contributed by atoms with E-state index < -0.39 is 0 Å². The zero-order valence-electron chi connectivity index (χ0n) is 13.7. The minimum absolute atomic E-state index is 0.0404. The highest BCUT2D eigenvalue weighted by molar-refractivity contribution is 5.75. The molecule has 23 heavy (non-hydrogen) atoms. The van der Waals surface area contributed by atoms with Crippen LogP contribution < -0.4 is 10.6 Å². The van der Waals surface area contributed by atoms with Crippen LogP contribution in [0.3, 0.4) is 0 Å². The predicted octanol–water partition coefficient (Wildman–Crippen LogP) is 1.01. The van der Waals surface area contributed by atoms with Crippen LogP contribution >= 0.6 is 0 Å². The molecule has 1 fully saturated rings. The fourth-order valence-corrected chi connectivity index (χ4v) is 3.01. The summed E-state index contributed by atoms with van der Waals surface area (Å²) >= 11 is 0. The number of H-pyrrole nitrogens is 1. The van der Waals surface area contributed by atoms with Crippen LogP contribution in [0.4, 0.5) is 0 Å². The zero-order valence-corrected chi connectivity index (χ0v) is 13.7. The number of aryl methyl sites for hydroxylation is 2. The average molecular weight is 316 g/mol. The van der Waals surface area contributed by atoms with E-state index in [0.29, 0.717) is 12.5 Å². The first kappa shape index (κ1) is 15.7. The first-order valence-electron chi connectivity index (χ1n) is 8.14. The maximum absolute atomic E-state index is 12.1. The van der Waals surface area contributed by atoms with E-state index in [0.717, 1.165) is 42.2 Å². The molecule has 0 aliphatic carbocycles. The number of piperidine rings is 1. The normalized spacial score (nSPS) is 18.1. The van der Waals surface area contributed by atoms with E-state index in [9.17, 15) is 4.79 Å². The van der Waals surface area contributed by atoms with Crippen LogP contribution in [0.2, 0.25) is 0 Å². The van der Waals surface area contributed by atoms with E-state index in [2.05, 4.69) is 25.9 Å². The molecule has 0 spiro atoms. The molecule has 1 amide bonds. The van der Waals surface area contributed by atoms with Gasteiger partial charge in [0.25, 0.3) is 0 Å². The van der Waals surface area contributed by atoms with Gasteiger partial charge in [0, 0.05) is 36.5 Å². The lowest BCUT2D eigenvalue weighted by molar-refractivity contribution is -0.122. The fourth-order valence-electron chi connectivity index (χ4n) is 3.01. The minimum Gasteiger partial charge on any atom is -0.350 e. The Labute approximate surface area is 135 Å². The molecule has 7 heteroatoms. The SMILES string of the molecule is Cc1n[nH]c(C)c1CNC(=O)Cn1ccc(C2CCCNC2)n1. The van der Waals surface area contributed by atoms with Crippen molar-refractivity contribution < 1.29 is 4.79 Å². The summed E-state index contributed by atoms with van der Waals surface area (Å²) in [6, 6.07) is 2.02. The van der Waals surface area contributed by atoms with Gasteiger partial charge in [-0.2, -0.15) is 10.2 Å². The molecule has 124 valence electrons. The number of aromatic amines is 1. The maximum Gasteiger partial charge on any atom is 0.241 e. The number of aromatic nitrogens is 4. The van der Waals surface area contributed by atoms with Crippen molar-refractivity contribution in [3.63, 3.8) is 0 Å². The summed E-state index contributed by atoms with van der Waals surface area (Å²) in [5, 5.41) is 17.9. The molecule has 1 aliphatic heterocycles. The number of nitrogens with zero attached hydrogens (tertiary/aromatic N) is 3. The minimum atomic E-state index is -0.0404. The van der Waals surface area contributed by atoms with E-state index in [-0.39, 0.29) is 12.5 Å². The third-order valence-corrected chi connectivity index (χ3v) is 4.43. The summed E-state index contributed by atoms with van der Waals surface area (Å²) < 4.78 is 1.72. The Morgan fingerprint density at radius 1 is 1.48 bits per heavy atom. The van der Waals surface area contributed by atoms with Gasteiger partial charge in [-0.15, -0.1) is 0 Å². The Morgan fingerprint density at radius 3 is 3.04 bits per heavy atom. The molecular weight excluding hydrogens is 292 g/mol. The number of amides is 1. The molecule has 1 unspecified atom stereocenters. The zero-order chi connectivity index (χ0) is 16.2. The number of carbonyl (C=O) groups excluding carboxylic acids is 1. The van der Waals surface area contributed by atoms with Gasteiger partial charge in [-0.05, 0) is 39.3 Å². The second kappa shape index (κ2) is 6.95. The van der Waals surface area contributed by atoms with Gasteiger partial charge in [0.2, 0.25) is 5.91 Å². The molecule has 2 aromatic rings. The molecule has 2 aromatic heterocycles. The van der Waals surface area contributed by atoms with Crippen molar-refractivity contribution in [1.82, 2.24) is 30.6 Å². The van der Waals surface area contributed by atoms with Crippen molar-refractivity contribution in [1.29, 1.82) is 0 Å². The van der Waals surface area contributed by atoms with Crippen LogP contribution in [0, 0.1) is 13.8 Å². The number of rotatable bonds is 5. The van der Waals surface area contributed by atoms with E-state index >= 15 is 0 Å². The number of hydrogen-bond acceptors (Lipinski definition) is 4. The van der Waals surface area contributed by atoms with Gasteiger partial charge >= 0.3 is 0 Å². The molecule has 1 aliphatic rings. The van der Waals surface area contributed by atoms with Gasteiger partial charge < -0.3 is 10.6 Å². The van der Waals surface area contributed by atoms with Crippen LogP contribution in [0.5, 0.6) is 0 Å². The highest BCUT2D eigenvalue weighted by atomic mass is 16.2. The molecule has 7 nitrogen and oxygen atoms in total. The van der Waals surface area contributed by atoms with Crippen molar-refractivity contribution in [2.45, 2.75) is 45.7 Å². The topological polar surface area (TPSA) is 87.6 Å². The summed E-state index contributed by atoms with van der Waals surface area (Å²) in [6.07, 6.45) is 4.23. The molecule has 1 atom stereocenters.